The van der Waals surface area contributed by atoms with Crippen LogP contribution in [-0.4, -0.2) is 24.2 Å². The van der Waals surface area contributed by atoms with Gasteiger partial charge < -0.3 is 10.0 Å². The van der Waals surface area contributed by atoms with Gasteiger partial charge in [0.1, 0.15) is 11.1 Å². The van der Waals surface area contributed by atoms with Crippen molar-refractivity contribution in [2.45, 2.75) is 52.4 Å². The minimum Gasteiger partial charge on any atom is -0.481 e. The van der Waals surface area contributed by atoms with Crippen molar-refractivity contribution in [3.05, 3.63) is 16.0 Å². The van der Waals surface area contributed by atoms with Gasteiger partial charge in [-0.05, 0) is 37.7 Å². The standard InChI is InChI=1S/C17H24N2O2S/c1-3-4-9-19(11-12(2)17(20)21)16-14(10-18)13-7-5-6-8-15(13)22-16/h12H,3-9,11H2,1-2H3,(H,20,21). The fraction of sp³-hybridized carbons (Fsp3) is 0.647. The number of aryl methyl sites for hydroxylation is 1. The van der Waals surface area contributed by atoms with Crippen LogP contribution in [0.3, 0.4) is 0 Å². The van der Waals surface area contributed by atoms with Gasteiger partial charge in [-0.2, -0.15) is 5.26 Å². The van der Waals surface area contributed by atoms with Gasteiger partial charge in [0.25, 0.3) is 0 Å². The summed E-state index contributed by atoms with van der Waals surface area (Å²) in [5.41, 5.74) is 2.02. The maximum Gasteiger partial charge on any atom is 0.308 e. The van der Waals surface area contributed by atoms with Crippen LogP contribution in [0, 0.1) is 17.2 Å². The molecule has 0 aromatic carbocycles. The summed E-state index contributed by atoms with van der Waals surface area (Å²) < 4.78 is 0. The van der Waals surface area contributed by atoms with E-state index in [1.54, 1.807) is 18.3 Å². The number of anilines is 1. The predicted octanol–water partition coefficient (Wildman–Crippen LogP) is 3.83. The van der Waals surface area contributed by atoms with E-state index in [9.17, 15) is 15.2 Å². The quantitative estimate of drug-likeness (QED) is 0.829. The van der Waals surface area contributed by atoms with Crippen molar-refractivity contribution in [2.75, 3.05) is 18.0 Å². The second kappa shape index (κ2) is 7.64. The maximum absolute atomic E-state index is 11.2. The van der Waals surface area contributed by atoms with Crippen LogP contribution in [0.5, 0.6) is 0 Å². The topological polar surface area (TPSA) is 64.3 Å². The van der Waals surface area contributed by atoms with Crippen molar-refractivity contribution in [1.82, 2.24) is 0 Å². The molecule has 1 aliphatic rings. The summed E-state index contributed by atoms with van der Waals surface area (Å²) in [4.78, 5) is 14.7. The van der Waals surface area contributed by atoms with E-state index < -0.39 is 11.9 Å². The largest absolute Gasteiger partial charge is 0.481 e. The van der Waals surface area contributed by atoms with E-state index in [0.717, 1.165) is 49.2 Å². The maximum atomic E-state index is 11.2. The number of nitriles is 1. The SMILES string of the molecule is CCCCN(CC(C)C(=O)O)c1sc2c(c1C#N)CCCC2. The minimum absolute atomic E-state index is 0.428. The number of fused-ring (bicyclic) bond motifs is 1. The summed E-state index contributed by atoms with van der Waals surface area (Å²) in [7, 11) is 0. The summed E-state index contributed by atoms with van der Waals surface area (Å²) in [6, 6.07) is 2.38. The first-order valence-electron chi connectivity index (χ1n) is 8.10. The van der Waals surface area contributed by atoms with Crippen LogP contribution in [0.4, 0.5) is 5.00 Å². The molecular weight excluding hydrogens is 296 g/mol. The first kappa shape index (κ1) is 16.8. The Hall–Kier alpha value is -1.54. The van der Waals surface area contributed by atoms with Crippen molar-refractivity contribution in [3.8, 4) is 6.07 Å². The van der Waals surface area contributed by atoms with Gasteiger partial charge in [0.05, 0.1) is 11.5 Å². The highest BCUT2D eigenvalue weighted by Crippen LogP contribution is 2.40. The summed E-state index contributed by atoms with van der Waals surface area (Å²) >= 11 is 1.71. The molecule has 0 saturated carbocycles. The van der Waals surface area contributed by atoms with Crippen molar-refractivity contribution >= 4 is 22.3 Å². The zero-order valence-electron chi connectivity index (χ0n) is 13.4. The molecule has 5 heteroatoms. The molecule has 1 heterocycles. The van der Waals surface area contributed by atoms with E-state index in [2.05, 4.69) is 17.9 Å². The number of rotatable bonds is 7. The molecule has 0 aliphatic heterocycles. The number of hydrogen-bond donors (Lipinski definition) is 1. The predicted molar refractivity (Wildman–Crippen MR) is 89.6 cm³/mol. The minimum atomic E-state index is -0.777. The van der Waals surface area contributed by atoms with E-state index in [1.165, 1.54) is 16.9 Å². The van der Waals surface area contributed by atoms with Crippen molar-refractivity contribution in [3.63, 3.8) is 0 Å². The molecule has 22 heavy (non-hydrogen) atoms. The highest BCUT2D eigenvalue weighted by Gasteiger charge is 2.25. The molecule has 0 fully saturated rings. The summed E-state index contributed by atoms with van der Waals surface area (Å²) in [5.74, 6) is -1.20. The van der Waals surface area contributed by atoms with E-state index in [0.29, 0.717) is 6.54 Å². The van der Waals surface area contributed by atoms with Crippen LogP contribution >= 0.6 is 11.3 Å². The Labute approximate surface area is 136 Å². The fourth-order valence-corrected chi connectivity index (χ4v) is 4.30. The Morgan fingerprint density at radius 1 is 1.45 bits per heavy atom. The molecule has 1 atom stereocenters. The lowest BCUT2D eigenvalue weighted by Gasteiger charge is -2.25. The summed E-state index contributed by atoms with van der Waals surface area (Å²) in [5, 5.41) is 19.8. The molecule has 0 saturated heterocycles. The fourth-order valence-electron chi connectivity index (χ4n) is 2.92. The van der Waals surface area contributed by atoms with Crippen LogP contribution in [-0.2, 0) is 17.6 Å². The van der Waals surface area contributed by atoms with Crippen molar-refractivity contribution < 1.29 is 9.90 Å². The number of thiophene rings is 1. The van der Waals surface area contributed by atoms with Crippen LogP contribution in [0.2, 0.25) is 0 Å². The van der Waals surface area contributed by atoms with E-state index in [-0.39, 0.29) is 0 Å². The number of nitrogens with zero attached hydrogens (tertiary/aromatic N) is 2. The van der Waals surface area contributed by atoms with E-state index in [1.807, 2.05) is 0 Å². The molecule has 4 nitrogen and oxygen atoms in total. The van der Waals surface area contributed by atoms with Crippen LogP contribution in [0.1, 0.15) is 55.5 Å². The van der Waals surface area contributed by atoms with Gasteiger partial charge in [0.2, 0.25) is 0 Å². The second-order valence-corrected chi connectivity index (χ2v) is 7.13. The van der Waals surface area contributed by atoms with Gasteiger partial charge in [0.15, 0.2) is 0 Å². The first-order chi connectivity index (χ1) is 10.6. The number of carboxylic acids is 1. The van der Waals surface area contributed by atoms with Crippen LogP contribution in [0.15, 0.2) is 0 Å². The third-order valence-electron chi connectivity index (χ3n) is 4.25. The normalized spacial score (nSPS) is 15.0. The number of carbonyl (C=O) groups is 1. The molecule has 120 valence electrons. The molecule has 0 bridgehead atoms. The third kappa shape index (κ3) is 3.61. The molecular formula is C17H24N2O2S. The molecule has 1 aromatic heterocycles. The molecule has 0 amide bonds. The monoisotopic (exact) mass is 320 g/mol. The summed E-state index contributed by atoms with van der Waals surface area (Å²) in [6.45, 7) is 5.16. The number of unbranched alkanes of at least 4 members (excludes halogenated alkanes) is 1. The molecule has 1 N–H and O–H groups in total. The Kier molecular flexibility index (Phi) is 5.84. The Bertz CT molecular complexity index is 574. The second-order valence-electron chi connectivity index (χ2n) is 6.04. The third-order valence-corrected chi connectivity index (χ3v) is 5.60. The Morgan fingerprint density at radius 2 is 2.18 bits per heavy atom. The van der Waals surface area contributed by atoms with E-state index >= 15 is 0 Å². The smallest absolute Gasteiger partial charge is 0.308 e. The van der Waals surface area contributed by atoms with Crippen molar-refractivity contribution in [1.29, 1.82) is 5.26 Å². The average Bonchev–Trinajstić information content (AvgIpc) is 2.89. The highest BCUT2D eigenvalue weighted by molar-refractivity contribution is 7.16. The average molecular weight is 320 g/mol. The zero-order valence-corrected chi connectivity index (χ0v) is 14.2. The molecule has 1 unspecified atom stereocenters. The zero-order chi connectivity index (χ0) is 16.1. The van der Waals surface area contributed by atoms with Gasteiger partial charge >= 0.3 is 5.97 Å². The summed E-state index contributed by atoms with van der Waals surface area (Å²) in [6.07, 6.45) is 6.47. The number of carboxylic acid groups (broad SMARTS) is 1. The van der Waals surface area contributed by atoms with Gasteiger partial charge in [-0.25, -0.2) is 0 Å². The van der Waals surface area contributed by atoms with Gasteiger partial charge in [-0.1, -0.05) is 20.3 Å². The van der Waals surface area contributed by atoms with Crippen molar-refractivity contribution in [2.24, 2.45) is 5.92 Å². The van der Waals surface area contributed by atoms with Gasteiger partial charge in [-0.15, -0.1) is 11.3 Å². The first-order valence-corrected chi connectivity index (χ1v) is 8.92. The lowest BCUT2D eigenvalue weighted by atomic mass is 9.96. The number of aliphatic carboxylic acids is 1. The number of hydrogen-bond acceptors (Lipinski definition) is 4. The molecule has 1 aliphatic carbocycles. The van der Waals surface area contributed by atoms with Gasteiger partial charge in [-0.3, -0.25) is 4.79 Å². The van der Waals surface area contributed by atoms with E-state index in [4.69, 9.17) is 0 Å². The molecule has 2 rings (SSSR count). The lowest BCUT2D eigenvalue weighted by molar-refractivity contribution is -0.140. The van der Waals surface area contributed by atoms with Crippen LogP contribution < -0.4 is 4.90 Å². The Morgan fingerprint density at radius 3 is 2.82 bits per heavy atom. The Balaban J connectivity index is 2.32. The molecule has 0 spiro atoms. The van der Waals surface area contributed by atoms with Crippen LogP contribution in [0.25, 0.3) is 0 Å². The molecule has 0 radical (unpaired) electrons. The molecule has 1 aromatic rings. The van der Waals surface area contributed by atoms with Gasteiger partial charge in [0, 0.05) is 18.0 Å². The highest BCUT2D eigenvalue weighted by atomic mass is 32.1. The lowest BCUT2D eigenvalue weighted by Crippen LogP contribution is -2.32.